The van der Waals surface area contributed by atoms with Gasteiger partial charge in [0.1, 0.15) is 5.56 Å². The first-order chi connectivity index (χ1) is 11.3. The molecule has 0 amide bonds. The van der Waals surface area contributed by atoms with E-state index in [1.165, 1.54) is 6.08 Å². The number of hydrogen-bond acceptors (Lipinski definition) is 6. The van der Waals surface area contributed by atoms with Crippen LogP contribution in [-0.2, 0) is 0 Å². The molecule has 0 saturated carbocycles. The smallest absolute Gasteiger partial charge is 0.258 e. The van der Waals surface area contributed by atoms with Crippen molar-refractivity contribution in [3.63, 3.8) is 0 Å². The standard InChI is InChI=1S/C14H8ClN3O6/c15-10-3-1-2-9(6-10)4-5-12-13(17(21)22)7-11(16(19)20)8-14(12)18(23)24/h1-8H. The minimum Gasteiger partial charge on any atom is -0.258 e. The van der Waals surface area contributed by atoms with Crippen LogP contribution in [0.15, 0.2) is 36.4 Å². The number of benzene rings is 2. The highest BCUT2D eigenvalue weighted by atomic mass is 35.5. The molecule has 10 heteroatoms. The van der Waals surface area contributed by atoms with E-state index >= 15 is 0 Å². The van der Waals surface area contributed by atoms with Crippen molar-refractivity contribution < 1.29 is 14.8 Å². The lowest BCUT2D eigenvalue weighted by atomic mass is 10.1. The first kappa shape index (κ1) is 17.0. The van der Waals surface area contributed by atoms with E-state index in [0.29, 0.717) is 22.7 Å². The van der Waals surface area contributed by atoms with Gasteiger partial charge in [0.25, 0.3) is 17.1 Å². The Labute approximate surface area is 139 Å². The van der Waals surface area contributed by atoms with Crippen LogP contribution in [0.1, 0.15) is 11.1 Å². The largest absolute Gasteiger partial charge is 0.290 e. The summed E-state index contributed by atoms with van der Waals surface area (Å²) in [5, 5.41) is 33.5. The summed E-state index contributed by atoms with van der Waals surface area (Å²) in [4.78, 5) is 30.4. The number of non-ortho nitro benzene ring substituents is 1. The molecule has 9 nitrogen and oxygen atoms in total. The summed E-state index contributed by atoms with van der Waals surface area (Å²) in [6, 6.07) is 7.83. The maximum atomic E-state index is 11.1. The predicted molar refractivity (Wildman–Crippen MR) is 86.8 cm³/mol. The predicted octanol–water partition coefficient (Wildman–Crippen LogP) is 4.24. The van der Waals surface area contributed by atoms with Gasteiger partial charge in [-0.25, -0.2) is 0 Å². The molecule has 0 N–H and O–H groups in total. The normalized spacial score (nSPS) is 10.7. The van der Waals surface area contributed by atoms with Gasteiger partial charge in [0.2, 0.25) is 0 Å². The van der Waals surface area contributed by atoms with Gasteiger partial charge in [0.05, 0.1) is 26.9 Å². The molecule has 2 aromatic carbocycles. The first-order valence-corrected chi connectivity index (χ1v) is 6.72. The lowest BCUT2D eigenvalue weighted by molar-refractivity contribution is -0.403. The third-order valence-corrected chi connectivity index (χ3v) is 3.25. The van der Waals surface area contributed by atoms with Crippen molar-refractivity contribution in [2.24, 2.45) is 0 Å². The monoisotopic (exact) mass is 349 g/mol. The van der Waals surface area contributed by atoms with Crippen LogP contribution < -0.4 is 0 Å². The maximum absolute atomic E-state index is 11.1. The van der Waals surface area contributed by atoms with E-state index in [-0.39, 0.29) is 5.56 Å². The molecule has 0 heterocycles. The molecule has 0 unspecified atom stereocenters. The fourth-order valence-corrected chi connectivity index (χ4v) is 2.18. The maximum Gasteiger partial charge on any atom is 0.290 e. The molecule has 0 spiro atoms. The molecule has 2 aromatic rings. The van der Waals surface area contributed by atoms with Crippen LogP contribution in [0.3, 0.4) is 0 Å². The molecule has 0 fully saturated rings. The van der Waals surface area contributed by atoms with Crippen LogP contribution in [0.4, 0.5) is 17.1 Å². The van der Waals surface area contributed by atoms with E-state index in [1.54, 1.807) is 24.3 Å². The fourth-order valence-electron chi connectivity index (χ4n) is 1.98. The number of nitrogens with zero attached hydrogens (tertiary/aromatic N) is 3. The molecule has 0 bridgehead atoms. The number of halogens is 1. The Morgan fingerprint density at radius 2 is 1.42 bits per heavy atom. The van der Waals surface area contributed by atoms with Crippen molar-refractivity contribution in [1.29, 1.82) is 0 Å². The minimum atomic E-state index is -0.926. The molecule has 122 valence electrons. The van der Waals surface area contributed by atoms with Gasteiger partial charge >= 0.3 is 0 Å². The van der Waals surface area contributed by atoms with Crippen molar-refractivity contribution in [2.45, 2.75) is 0 Å². The highest BCUT2D eigenvalue weighted by molar-refractivity contribution is 6.30. The van der Waals surface area contributed by atoms with E-state index in [4.69, 9.17) is 11.6 Å². The third-order valence-electron chi connectivity index (χ3n) is 3.02. The molecule has 0 radical (unpaired) electrons. The van der Waals surface area contributed by atoms with Crippen LogP contribution in [-0.4, -0.2) is 14.8 Å². The first-order valence-electron chi connectivity index (χ1n) is 6.34. The van der Waals surface area contributed by atoms with Gasteiger partial charge < -0.3 is 0 Å². The van der Waals surface area contributed by atoms with Crippen LogP contribution in [0.2, 0.25) is 5.02 Å². The van der Waals surface area contributed by atoms with Crippen molar-refractivity contribution >= 4 is 40.8 Å². The van der Waals surface area contributed by atoms with Crippen molar-refractivity contribution in [2.75, 3.05) is 0 Å². The van der Waals surface area contributed by atoms with Gasteiger partial charge in [-0.2, -0.15) is 0 Å². The van der Waals surface area contributed by atoms with Gasteiger partial charge in [-0.05, 0) is 23.8 Å². The van der Waals surface area contributed by atoms with Crippen molar-refractivity contribution in [3.8, 4) is 0 Å². The lowest BCUT2D eigenvalue weighted by Gasteiger charge is -2.01. The van der Waals surface area contributed by atoms with E-state index in [2.05, 4.69) is 0 Å². The van der Waals surface area contributed by atoms with Gasteiger partial charge in [-0.3, -0.25) is 30.3 Å². The zero-order chi connectivity index (χ0) is 17.9. The van der Waals surface area contributed by atoms with Gasteiger partial charge in [-0.1, -0.05) is 29.8 Å². The van der Waals surface area contributed by atoms with Gasteiger partial charge in [-0.15, -0.1) is 0 Å². The molecule has 0 aliphatic carbocycles. The van der Waals surface area contributed by atoms with E-state index in [9.17, 15) is 30.3 Å². The molecule has 0 aromatic heterocycles. The van der Waals surface area contributed by atoms with E-state index < -0.39 is 31.8 Å². The second-order valence-electron chi connectivity index (χ2n) is 4.56. The number of nitro groups is 3. The topological polar surface area (TPSA) is 129 Å². The summed E-state index contributed by atoms with van der Waals surface area (Å²) in [5.74, 6) is 0. The van der Waals surface area contributed by atoms with Crippen LogP contribution in [0, 0.1) is 30.3 Å². The zero-order valence-electron chi connectivity index (χ0n) is 11.8. The minimum absolute atomic E-state index is 0.337. The lowest BCUT2D eigenvalue weighted by Crippen LogP contribution is -2.00. The quantitative estimate of drug-likeness (QED) is 0.451. The summed E-state index contributed by atoms with van der Waals surface area (Å²) >= 11 is 5.82. The Kier molecular flexibility index (Phi) is 4.85. The summed E-state index contributed by atoms with van der Waals surface area (Å²) in [6.07, 6.45) is 2.55. The fraction of sp³-hybridized carbons (Fsp3) is 0. The molecular formula is C14H8ClN3O6. The van der Waals surface area contributed by atoms with Crippen LogP contribution in [0.25, 0.3) is 12.2 Å². The molecule has 0 aliphatic rings. The van der Waals surface area contributed by atoms with Gasteiger partial charge in [0.15, 0.2) is 0 Å². The molecule has 0 saturated heterocycles. The third kappa shape index (κ3) is 3.70. The molecule has 0 aliphatic heterocycles. The van der Waals surface area contributed by atoms with Crippen molar-refractivity contribution in [1.82, 2.24) is 0 Å². The average molecular weight is 350 g/mol. The van der Waals surface area contributed by atoms with E-state index in [0.717, 1.165) is 6.08 Å². The van der Waals surface area contributed by atoms with Crippen LogP contribution in [0.5, 0.6) is 0 Å². The Morgan fingerprint density at radius 1 is 0.833 bits per heavy atom. The number of hydrogen-bond donors (Lipinski definition) is 0. The van der Waals surface area contributed by atoms with Gasteiger partial charge in [0, 0.05) is 5.02 Å². The van der Waals surface area contributed by atoms with E-state index in [1.807, 2.05) is 0 Å². The van der Waals surface area contributed by atoms with Crippen molar-refractivity contribution in [3.05, 3.63) is 82.9 Å². The molecular weight excluding hydrogens is 342 g/mol. The Balaban J connectivity index is 2.64. The summed E-state index contributed by atoms with van der Waals surface area (Å²) < 4.78 is 0. The number of rotatable bonds is 5. The Bertz CT molecular complexity index is 846. The Morgan fingerprint density at radius 3 is 1.88 bits per heavy atom. The second-order valence-corrected chi connectivity index (χ2v) is 4.99. The molecule has 0 atom stereocenters. The molecule has 2 rings (SSSR count). The summed E-state index contributed by atoms with van der Waals surface area (Å²) in [6.45, 7) is 0. The highest BCUT2D eigenvalue weighted by Crippen LogP contribution is 2.35. The molecule has 24 heavy (non-hydrogen) atoms. The summed E-state index contributed by atoms with van der Waals surface area (Å²) in [5.41, 5.74) is -1.96. The highest BCUT2D eigenvalue weighted by Gasteiger charge is 2.28. The Hall–Kier alpha value is -3.33. The SMILES string of the molecule is O=[N+]([O-])c1cc([N+](=O)[O-])c(C=Cc2cccc(Cl)c2)c([N+](=O)[O-])c1. The second kappa shape index (κ2) is 6.84. The van der Waals surface area contributed by atoms with Crippen LogP contribution >= 0.6 is 11.6 Å². The summed E-state index contributed by atoms with van der Waals surface area (Å²) in [7, 11) is 0. The average Bonchev–Trinajstić information content (AvgIpc) is 2.51. The zero-order valence-corrected chi connectivity index (χ0v) is 12.5. The number of nitro benzene ring substituents is 3.